The van der Waals surface area contributed by atoms with Gasteiger partial charge in [-0.1, -0.05) is 15.9 Å². The van der Waals surface area contributed by atoms with E-state index in [4.69, 9.17) is 0 Å². The molecule has 0 aliphatic heterocycles. The SMILES string of the molecule is Cc1cc(Br)cc2c3c([nH]c12)C(O)CCC3. The molecule has 1 heterocycles. The molecule has 16 heavy (non-hydrogen) atoms. The van der Waals surface area contributed by atoms with Crippen LogP contribution in [0.3, 0.4) is 0 Å². The van der Waals surface area contributed by atoms with Crippen LogP contribution in [0.25, 0.3) is 10.9 Å². The molecule has 0 bridgehead atoms. The highest BCUT2D eigenvalue weighted by molar-refractivity contribution is 9.10. The molecular weight excluding hydrogens is 266 g/mol. The summed E-state index contributed by atoms with van der Waals surface area (Å²) in [5.41, 5.74) is 4.74. The Morgan fingerprint density at radius 1 is 1.44 bits per heavy atom. The highest BCUT2D eigenvalue weighted by atomic mass is 79.9. The summed E-state index contributed by atoms with van der Waals surface area (Å²) in [6.45, 7) is 2.10. The van der Waals surface area contributed by atoms with E-state index in [0.717, 1.165) is 29.4 Å². The van der Waals surface area contributed by atoms with Crippen LogP contribution in [0, 0.1) is 6.92 Å². The normalized spacial score (nSPS) is 20.1. The number of nitrogens with one attached hydrogen (secondary N) is 1. The molecule has 0 fully saturated rings. The van der Waals surface area contributed by atoms with Gasteiger partial charge in [0.1, 0.15) is 0 Å². The molecule has 1 aromatic heterocycles. The van der Waals surface area contributed by atoms with Crippen molar-refractivity contribution >= 4 is 26.8 Å². The van der Waals surface area contributed by atoms with Gasteiger partial charge in [0, 0.05) is 21.1 Å². The molecule has 1 aromatic carbocycles. The first kappa shape index (κ1) is 10.4. The van der Waals surface area contributed by atoms with Gasteiger partial charge in [-0.15, -0.1) is 0 Å². The van der Waals surface area contributed by atoms with Gasteiger partial charge in [-0.2, -0.15) is 0 Å². The molecule has 0 radical (unpaired) electrons. The monoisotopic (exact) mass is 279 g/mol. The van der Waals surface area contributed by atoms with E-state index in [-0.39, 0.29) is 6.10 Å². The molecule has 2 aromatic rings. The topological polar surface area (TPSA) is 36.0 Å². The molecule has 3 rings (SSSR count). The second-order valence-electron chi connectivity index (χ2n) is 4.57. The molecule has 2 nitrogen and oxygen atoms in total. The van der Waals surface area contributed by atoms with Crippen molar-refractivity contribution in [3.05, 3.63) is 33.4 Å². The minimum atomic E-state index is -0.311. The molecule has 1 unspecified atom stereocenters. The molecule has 2 N–H and O–H groups in total. The lowest BCUT2D eigenvalue weighted by atomic mass is 9.93. The molecule has 0 saturated carbocycles. The van der Waals surface area contributed by atoms with Crippen molar-refractivity contribution in [2.24, 2.45) is 0 Å². The molecule has 1 aliphatic rings. The number of hydrogen-bond acceptors (Lipinski definition) is 1. The van der Waals surface area contributed by atoms with Gasteiger partial charge in [-0.3, -0.25) is 0 Å². The maximum atomic E-state index is 9.98. The average Bonchev–Trinajstić information content (AvgIpc) is 2.59. The fourth-order valence-corrected chi connectivity index (χ4v) is 3.24. The van der Waals surface area contributed by atoms with Crippen molar-refractivity contribution < 1.29 is 5.11 Å². The molecule has 0 amide bonds. The predicted octanol–water partition coefficient (Wildman–Crippen LogP) is 3.61. The summed E-state index contributed by atoms with van der Waals surface area (Å²) in [6.07, 6.45) is 2.71. The second-order valence-corrected chi connectivity index (χ2v) is 5.49. The lowest BCUT2D eigenvalue weighted by Crippen LogP contribution is -2.07. The van der Waals surface area contributed by atoms with Crippen LogP contribution in [-0.2, 0) is 6.42 Å². The van der Waals surface area contributed by atoms with E-state index in [1.54, 1.807) is 0 Å². The predicted molar refractivity (Wildman–Crippen MR) is 68.6 cm³/mol. The molecule has 84 valence electrons. The first-order chi connectivity index (χ1) is 7.66. The largest absolute Gasteiger partial charge is 0.387 e. The number of rotatable bonds is 0. The highest BCUT2D eigenvalue weighted by Crippen LogP contribution is 2.36. The van der Waals surface area contributed by atoms with E-state index >= 15 is 0 Å². The fraction of sp³-hybridized carbons (Fsp3) is 0.385. The van der Waals surface area contributed by atoms with E-state index < -0.39 is 0 Å². The number of H-pyrrole nitrogens is 1. The number of fused-ring (bicyclic) bond motifs is 3. The number of aryl methyl sites for hydroxylation is 2. The molecule has 1 aliphatic carbocycles. The van der Waals surface area contributed by atoms with Crippen molar-refractivity contribution in [3.8, 4) is 0 Å². The van der Waals surface area contributed by atoms with Gasteiger partial charge in [0.15, 0.2) is 0 Å². The zero-order chi connectivity index (χ0) is 11.3. The Bertz CT molecular complexity index is 559. The van der Waals surface area contributed by atoms with Gasteiger partial charge in [-0.05, 0) is 49.4 Å². The number of aliphatic hydroxyl groups excluding tert-OH is 1. The van der Waals surface area contributed by atoms with Crippen molar-refractivity contribution in [1.82, 2.24) is 4.98 Å². The van der Waals surface area contributed by atoms with Crippen molar-refractivity contribution in [2.75, 3.05) is 0 Å². The Balaban J connectivity index is 2.36. The number of hydrogen-bond donors (Lipinski definition) is 2. The zero-order valence-electron chi connectivity index (χ0n) is 9.18. The van der Waals surface area contributed by atoms with Gasteiger partial charge in [-0.25, -0.2) is 0 Å². The molecule has 0 spiro atoms. The maximum Gasteiger partial charge on any atom is 0.0941 e. The van der Waals surface area contributed by atoms with Crippen LogP contribution in [0.15, 0.2) is 16.6 Å². The first-order valence-corrected chi connectivity index (χ1v) is 6.45. The van der Waals surface area contributed by atoms with Crippen molar-refractivity contribution in [2.45, 2.75) is 32.3 Å². The average molecular weight is 280 g/mol. The Morgan fingerprint density at radius 3 is 3.06 bits per heavy atom. The van der Waals surface area contributed by atoms with Gasteiger partial charge in [0.05, 0.1) is 6.10 Å². The lowest BCUT2D eigenvalue weighted by Gasteiger charge is -2.17. The third-order valence-corrected chi connectivity index (χ3v) is 3.91. The van der Waals surface area contributed by atoms with Crippen LogP contribution in [0.1, 0.15) is 35.8 Å². The quantitative estimate of drug-likeness (QED) is 0.759. The molecule has 0 saturated heterocycles. The van der Waals surface area contributed by atoms with E-state index in [9.17, 15) is 5.11 Å². The number of halogens is 1. The van der Waals surface area contributed by atoms with E-state index in [1.807, 2.05) is 0 Å². The van der Waals surface area contributed by atoms with Crippen LogP contribution in [0.2, 0.25) is 0 Å². The van der Waals surface area contributed by atoms with Gasteiger partial charge >= 0.3 is 0 Å². The Morgan fingerprint density at radius 2 is 2.25 bits per heavy atom. The van der Waals surface area contributed by atoms with Crippen LogP contribution >= 0.6 is 15.9 Å². The van der Waals surface area contributed by atoms with E-state index in [0.29, 0.717) is 0 Å². The smallest absolute Gasteiger partial charge is 0.0941 e. The summed E-state index contributed by atoms with van der Waals surface area (Å²) in [6, 6.07) is 4.26. The van der Waals surface area contributed by atoms with Crippen molar-refractivity contribution in [3.63, 3.8) is 0 Å². The third kappa shape index (κ3) is 1.42. The zero-order valence-corrected chi connectivity index (χ0v) is 10.8. The van der Waals surface area contributed by atoms with Crippen molar-refractivity contribution in [1.29, 1.82) is 0 Å². The fourth-order valence-electron chi connectivity index (χ4n) is 2.67. The summed E-state index contributed by atoms with van der Waals surface area (Å²) in [5.74, 6) is 0. The Hall–Kier alpha value is -0.800. The maximum absolute atomic E-state index is 9.98. The summed E-state index contributed by atoms with van der Waals surface area (Å²) < 4.78 is 1.11. The van der Waals surface area contributed by atoms with Gasteiger partial charge < -0.3 is 10.1 Å². The first-order valence-electron chi connectivity index (χ1n) is 5.65. The number of benzene rings is 1. The molecular formula is C13H14BrNO. The van der Waals surface area contributed by atoms with E-state index in [2.05, 4.69) is 40.0 Å². The Labute approximate surface area is 103 Å². The van der Waals surface area contributed by atoms with Crippen LogP contribution in [-0.4, -0.2) is 10.1 Å². The summed E-state index contributed by atoms with van der Waals surface area (Å²) in [7, 11) is 0. The molecule has 3 heteroatoms. The van der Waals surface area contributed by atoms with E-state index in [1.165, 1.54) is 22.0 Å². The second kappa shape index (κ2) is 3.60. The number of aromatic amines is 1. The third-order valence-electron chi connectivity index (χ3n) is 3.45. The van der Waals surface area contributed by atoms with Crippen LogP contribution in [0.5, 0.6) is 0 Å². The minimum Gasteiger partial charge on any atom is -0.387 e. The number of aromatic nitrogens is 1. The van der Waals surface area contributed by atoms with Crippen LogP contribution in [0.4, 0.5) is 0 Å². The Kier molecular flexibility index (Phi) is 2.33. The summed E-state index contributed by atoms with van der Waals surface area (Å²) in [5, 5.41) is 11.2. The highest BCUT2D eigenvalue weighted by Gasteiger charge is 2.22. The standard InChI is InChI=1S/C13H14BrNO/c1-7-5-8(14)6-10-9-3-2-4-11(16)13(9)15-12(7)10/h5-6,11,15-16H,2-4H2,1H3. The molecule has 1 atom stereocenters. The lowest BCUT2D eigenvalue weighted by molar-refractivity contribution is 0.153. The van der Waals surface area contributed by atoms with Crippen LogP contribution < -0.4 is 0 Å². The van der Waals surface area contributed by atoms with Gasteiger partial charge in [0.2, 0.25) is 0 Å². The summed E-state index contributed by atoms with van der Waals surface area (Å²) in [4.78, 5) is 3.39. The minimum absolute atomic E-state index is 0.311. The number of aliphatic hydroxyl groups is 1. The van der Waals surface area contributed by atoms with Gasteiger partial charge in [0.25, 0.3) is 0 Å². The summed E-state index contributed by atoms with van der Waals surface area (Å²) >= 11 is 3.53.